The molecule has 2 aromatic heterocycles. The van der Waals surface area contributed by atoms with E-state index in [1.54, 1.807) is 10.9 Å². The number of nitrogens with zero attached hydrogens (tertiary/aromatic N) is 3. The van der Waals surface area contributed by atoms with Crippen molar-refractivity contribution in [2.45, 2.75) is 51.9 Å². The van der Waals surface area contributed by atoms with E-state index in [0.717, 1.165) is 59.3 Å². The van der Waals surface area contributed by atoms with Gasteiger partial charge >= 0.3 is 6.03 Å². The van der Waals surface area contributed by atoms with Crippen molar-refractivity contribution in [3.05, 3.63) is 114 Å². The lowest BCUT2D eigenvalue weighted by atomic mass is 9.76. The van der Waals surface area contributed by atoms with Gasteiger partial charge in [0, 0.05) is 34.3 Å². The highest BCUT2D eigenvalue weighted by atomic mass is 16.2. The molecule has 230 valence electrons. The average Bonchev–Trinajstić information content (AvgIpc) is 3.46. The van der Waals surface area contributed by atoms with Gasteiger partial charge in [0.15, 0.2) is 5.78 Å². The van der Waals surface area contributed by atoms with Crippen LogP contribution in [0.15, 0.2) is 91.1 Å². The van der Waals surface area contributed by atoms with Crippen molar-refractivity contribution >= 4 is 34.2 Å². The first-order valence-corrected chi connectivity index (χ1v) is 15.6. The molecule has 2 amide bonds. The molecule has 1 saturated heterocycles. The van der Waals surface area contributed by atoms with Gasteiger partial charge in [0.05, 0.1) is 22.8 Å². The molecule has 5 aromatic rings. The Hall–Kier alpha value is -4.82. The molecule has 6 rings (SSSR count). The van der Waals surface area contributed by atoms with Crippen molar-refractivity contribution in [1.29, 1.82) is 0 Å². The molecule has 0 spiro atoms. The van der Waals surface area contributed by atoms with Crippen LogP contribution in [0.3, 0.4) is 0 Å². The second kappa shape index (κ2) is 12.7. The summed E-state index contributed by atoms with van der Waals surface area (Å²) in [5, 5.41) is 15.2. The third-order valence-corrected chi connectivity index (χ3v) is 8.51. The number of fused-ring (bicyclic) bond motifs is 1. The van der Waals surface area contributed by atoms with Crippen molar-refractivity contribution in [1.82, 2.24) is 20.1 Å². The first-order valence-electron chi connectivity index (χ1n) is 15.6. The van der Waals surface area contributed by atoms with Crippen molar-refractivity contribution in [2.24, 2.45) is 5.92 Å². The molecule has 3 aromatic carbocycles. The number of para-hydroxylation sites is 1. The van der Waals surface area contributed by atoms with Crippen LogP contribution >= 0.6 is 0 Å². The van der Waals surface area contributed by atoms with Gasteiger partial charge in [0.25, 0.3) is 0 Å². The summed E-state index contributed by atoms with van der Waals surface area (Å²) >= 11 is 0. The lowest BCUT2D eigenvalue weighted by Gasteiger charge is -2.30. The Labute approximate surface area is 264 Å². The number of rotatable bonds is 7. The van der Waals surface area contributed by atoms with Gasteiger partial charge in [-0.05, 0) is 80.7 Å². The molecule has 1 unspecified atom stereocenters. The maximum atomic E-state index is 14.2. The number of aryl methyl sites for hydroxylation is 1. The van der Waals surface area contributed by atoms with Gasteiger partial charge < -0.3 is 10.6 Å². The van der Waals surface area contributed by atoms with E-state index in [2.05, 4.69) is 41.7 Å². The number of carbonyl (C=O) groups excluding carboxylic acids is 2. The molecule has 8 heteroatoms. The molecule has 1 atom stereocenters. The maximum absolute atomic E-state index is 14.2. The van der Waals surface area contributed by atoms with Crippen LogP contribution in [-0.4, -0.2) is 39.7 Å². The zero-order valence-electron chi connectivity index (χ0n) is 26.3. The number of benzene rings is 3. The Kier molecular flexibility index (Phi) is 8.50. The summed E-state index contributed by atoms with van der Waals surface area (Å²) < 4.78 is 1.76. The van der Waals surface area contributed by atoms with E-state index < -0.39 is 0 Å². The maximum Gasteiger partial charge on any atom is 0.324 e. The van der Waals surface area contributed by atoms with Crippen molar-refractivity contribution in [2.75, 3.05) is 23.7 Å². The summed E-state index contributed by atoms with van der Waals surface area (Å²) in [7, 11) is 0. The third kappa shape index (κ3) is 6.81. The quantitative estimate of drug-likeness (QED) is 0.167. The summed E-state index contributed by atoms with van der Waals surface area (Å²) in [4.78, 5) is 32.1. The van der Waals surface area contributed by atoms with Crippen LogP contribution < -0.4 is 16.0 Å². The zero-order chi connectivity index (χ0) is 31.6. The minimum absolute atomic E-state index is 0.0541. The number of Topliss-reactive ketones (excluding diaryl/α,β-unsaturated/α-hetero) is 1. The van der Waals surface area contributed by atoms with E-state index in [1.807, 2.05) is 91.9 Å². The van der Waals surface area contributed by atoms with Gasteiger partial charge in [-0.2, -0.15) is 5.10 Å². The number of amides is 2. The van der Waals surface area contributed by atoms with Crippen molar-refractivity contribution < 1.29 is 9.59 Å². The summed E-state index contributed by atoms with van der Waals surface area (Å²) in [6.45, 7) is 10.1. The van der Waals surface area contributed by atoms with Crippen LogP contribution in [0.4, 0.5) is 16.3 Å². The predicted molar refractivity (Wildman–Crippen MR) is 180 cm³/mol. The Morgan fingerprint density at radius 3 is 2.42 bits per heavy atom. The van der Waals surface area contributed by atoms with E-state index >= 15 is 0 Å². The van der Waals surface area contributed by atoms with Crippen molar-refractivity contribution in [3.63, 3.8) is 0 Å². The molecule has 1 aliphatic heterocycles. The summed E-state index contributed by atoms with van der Waals surface area (Å²) in [6.07, 6.45) is 3.49. The smallest absolute Gasteiger partial charge is 0.317 e. The Morgan fingerprint density at radius 1 is 0.911 bits per heavy atom. The van der Waals surface area contributed by atoms with Crippen LogP contribution in [0, 0.1) is 12.8 Å². The van der Waals surface area contributed by atoms with Crippen LogP contribution in [-0.2, 0) is 5.41 Å². The summed E-state index contributed by atoms with van der Waals surface area (Å²) in [5.74, 6) is 0.452. The van der Waals surface area contributed by atoms with Gasteiger partial charge in [0.2, 0.25) is 0 Å². The first kappa shape index (κ1) is 30.2. The van der Waals surface area contributed by atoms with E-state index in [-0.39, 0.29) is 29.1 Å². The Morgan fingerprint density at radius 2 is 1.67 bits per heavy atom. The first-order chi connectivity index (χ1) is 21.7. The standard InChI is InChI=1S/C37H40N6O2/c1-24-12-14-30(15-13-24)43-33(22-32(42-43)37(2,3)4)41-36(45)40-29-10-7-9-27(21-29)34(25-16-18-38-19-17-25)35(44)28-20-26-8-5-6-11-31(26)39-23-28/h5-15,20-23,25,34,38H,16-19H2,1-4H3,(H2,40,41,45). The topological polar surface area (TPSA) is 101 Å². The number of aromatic nitrogens is 3. The molecular weight excluding hydrogens is 560 g/mol. The average molecular weight is 601 g/mol. The number of hydrogen-bond donors (Lipinski definition) is 3. The third-order valence-electron chi connectivity index (χ3n) is 8.51. The van der Waals surface area contributed by atoms with Crippen LogP contribution in [0.25, 0.3) is 16.6 Å². The lowest BCUT2D eigenvalue weighted by molar-refractivity contribution is 0.0916. The highest BCUT2D eigenvalue weighted by molar-refractivity contribution is 6.03. The number of anilines is 2. The molecular formula is C37H40N6O2. The number of hydrogen-bond acceptors (Lipinski definition) is 5. The number of carbonyl (C=O) groups is 2. The monoisotopic (exact) mass is 600 g/mol. The second-order valence-corrected chi connectivity index (χ2v) is 13.0. The van der Waals surface area contributed by atoms with Gasteiger partial charge in [0.1, 0.15) is 5.82 Å². The largest absolute Gasteiger partial charge is 0.324 e. The fourth-order valence-electron chi connectivity index (χ4n) is 6.01. The normalized spacial score (nSPS) is 14.7. The molecule has 3 N–H and O–H groups in total. The fraction of sp³-hybridized carbons (Fsp3) is 0.297. The van der Waals surface area contributed by atoms with E-state index in [4.69, 9.17) is 5.10 Å². The van der Waals surface area contributed by atoms with E-state index in [9.17, 15) is 9.59 Å². The van der Waals surface area contributed by atoms with Gasteiger partial charge in [-0.15, -0.1) is 0 Å². The second-order valence-electron chi connectivity index (χ2n) is 13.0. The number of urea groups is 1. The Bertz CT molecular complexity index is 1830. The fourth-order valence-corrected chi connectivity index (χ4v) is 6.01. The van der Waals surface area contributed by atoms with Gasteiger partial charge in [-0.1, -0.05) is 68.8 Å². The minimum Gasteiger partial charge on any atom is -0.317 e. The van der Waals surface area contributed by atoms with E-state index in [0.29, 0.717) is 17.1 Å². The molecule has 0 bridgehead atoms. The summed E-state index contributed by atoms with van der Waals surface area (Å²) in [5.41, 5.74) is 5.64. The number of ketones is 1. The minimum atomic E-state index is -0.385. The van der Waals surface area contributed by atoms with Crippen LogP contribution in [0.5, 0.6) is 0 Å². The molecule has 0 saturated carbocycles. The summed E-state index contributed by atoms with van der Waals surface area (Å²) in [6, 6.07) is 27.0. The Balaban J connectivity index is 1.27. The molecule has 3 heterocycles. The van der Waals surface area contributed by atoms with Crippen LogP contribution in [0.1, 0.15) is 66.7 Å². The highest BCUT2D eigenvalue weighted by Gasteiger charge is 2.32. The lowest BCUT2D eigenvalue weighted by Crippen LogP contribution is -2.33. The molecule has 1 aliphatic rings. The highest BCUT2D eigenvalue weighted by Crippen LogP contribution is 2.36. The molecule has 0 radical (unpaired) electrons. The van der Waals surface area contributed by atoms with E-state index in [1.165, 1.54) is 0 Å². The number of pyridine rings is 1. The predicted octanol–water partition coefficient (Wildman–Crippen LogP) is 7.64. The molecule has 45 heavy (non-hydrogen) atoms. The molecule has 0 aliphatic carbocycles. The van der Waals surface area contributed by atoms with Crippen molar-refractivity contribution in [3.8, 4) is 5.69 Å². The number of piperidine rings is 1. The van der Waals surface area contributed by atoms with Crippen LogP contribution in [0.2, 0.25) is 0 Å². The zero-order valence-corrected chi connectivity index (χ0v) is 26.3. The molecule has 1 fully saturated rings. The van der Waals surface area contributed by atoms with Gasteiger partial charge in [-0.3, -0.25) is 15.1 Å². The van der Waals surface area contributed by atoms with Gasteiger partial charge in [-0.25, -0.2) is 9.48 Å². The SMILES string of the molecule is Cc1ccc(-n2nc(C(C)(C)C)cc2NC(=O)Nc2cccc(C(C(=O)c3cnc4ccccc4c3)C3CCNCC3)c2)cc1. The number of nitrogens with one attached hydrogen (secondary N) is 3. The molecule has 8 nitrogen and oxygen atoms in total.